The third-order valence-corrected chi connectivity index (χ3v) is 7.42. The summed E-state index contributed by atoms with van der Waals surface area (Å²) >= 11 is 0. The summed E-state index contributed by atoms with van der Waals surface area (Å²) in [6, 6.07) is 19.9. The number of carbonyl (C=O) groups is 3. The Morgan fingerprint density at radius 1 is 0.914 bits per heavy atom. The number of hydroxylamine groups is 1. The summed E-state index contributed by atoms with van der Waals surface area (Å²) in [4.78, 5) is 45.3. The van der Waals surface area contributed by atoms with Crippen molar-refractivity contribution in [1.29, 1.82) is 0 Å². The minimum atomic E-state index is -3.85. The van der Waals surface area contributed by atoms with Crippen LogP contribution in [0.3, 0.4) is 0 Å². The molecule has 3 amide bonds. The molecule has 0 aromatic heterocycles. The highest BCUT2D eigenvalue weighted by atomic mass is 32.2. The van der Waals surface area contributed by atoms with E-state index >= 15 is 0 Å². The van der Waals surface area contributed by atoms with Gasteiger partial charge in [0.25, 0.3) is 21.8 Å². The van der Waals surface area contributed by atoms with Gasteiger partial charge < -0.3 is 5.32 Å². The van der Waals surface area contributed by atoms with E-state index in [9.17, 15) is 22.8 Å². The molecular weight excluding hydrogens is 470 g/mol. The molecule has 1 atom stereocenters. The van der Waals surface area contributed by atoms with Crippen molar-refractivity contribution in [3.63, 3.8) is 0 Å². The summed E-state index contributed by atoms with van der Waals surface area (Å²) in [6.45, 7) is 0. The van der Waals surface area contributed by atoms with Crippen LogP contribution in [0.1, 0.15) is 26.3 Å². The molecule has 10 heteroatoms. The van der Waals surface area contributed by atoms with Crippen LogP contribution in [0.25, 0.3) is 0 Å². The van der Waals surface area contributed by atoms with E-state index in [4.69, 9.17) is 4.84 Å². The lowest BCUT2D eigenvalue weighted by Gasteiger charge is -2.25. The molecule has 1 aliphatic heterocycles. The van der Waals surface area contributed by atoms with E-state index < -0.39 is 33.8 Å². The lowest BCUT2D eigenvalue weighted by molar-refractivity contribution is -0.119. The molecule has 0 spiro atoms. The molecule has 3 aromatic rings. The van der Waals surface area contributed by atoms with Gasteiger partial charge in [-0.3, -0.25) is 24.1 Å². The Morgan fingerprint density at radius 3 is 2.00 bits per heavy atom. The second-order valence-electron chi connectivity index (χ2n) is 7.84. The van der Waals surface area contributed by atoms with E-state index in [0.717, 1.165) is 14.9 Å². The van der Waals surface area contributed by atoms with Crippen molar-refractivity contribution in [2.45, 2.75) is 17.4 Å². The zero-order valence-electron chi connectivity index (χ0n) is 19.0. The summed E-state index contributed by atoms with van der Waals surface area (Å²) in [6.07, 6.45) is 0.114. The normalized spacial score (nSPS) is 14.2. The number of anilines is 1. The maximum atomic E-state index is 13.4. The second kappa shape index (κ2) is 9.79. The highest BCUT2D eigenvalue weighted by molar-refractivity contribution is 7.89. The van der Waals surface area contributed by atoms with Gasteiger partial charge in [-0.05, 0) is 42.0 Å². The molecule has 0 aliphatic carbocycles. The third kappa shape index (κ3) is 4.72. The van der Waals surface area contributed by atoms with E-state index in [2.05, 4.69) is 5.32 Å². The number of fused-ring (bicyclic) bond motifs is 1. The highest BCUT2D eigenvalue weighted by Crippen LogP contribution is 2.27. The number of nitrogens with zero attached hydrogens (tertiary/aromatic N) is 2. The number of hydrogen-bond donors (Lipinski definition) is 1. The monoisotopic (exact) mass is 493 g/mol. The largest absolute Gasteiger partial charge is 0.324 e. The molecule has 180 valence electrons. The number of rotatable bonds is 8. The number of amides is 3. The molecule has 35 heavy (non-hydrogen) atoms. The molecule has 0 bridgehead atoms. The highest BCUT2D eigenvalue weighted by Gasteiger charge is 2.42. The van der Waals surface area contributed by atoms with Crippen molar-refractivity contribution in [3.05, 3.63) is 95.6 Å². The van der Waals surface area contributed by atoms with Gasteiger partial charge in [0.2, 0.25) is 5.91 Å². The number of carbonyl (C=O) groups excluding carboxylic acids is 3. The lowest BCUT2D eigenvalue weighted by Crippen LogP contribution is -2.48. The maximum absolute atomic E-state index is 13.4. The fourth-order valence-electron chi connectivity index (χ4n) is 3.81. The zero-order chi connectivity index (χ0) is 25.2. The Kier molecular flexibility index (Phi) is 6.79. The molecule has 1 N–H and O–H groups in total. The molecule has 0 saturated carbocycles. The summed E-state index contributed by atoms with van der Waals surface area (Å²) in [5.74, 6) is -1.65. The van der Waals surface area contributed by atoms with Gasteiger partial charge in [0.05, 0.1) is 23.1 Å². The molecule has 1 aliphatic rings. The van der Waals surface area contributed by atoms with Gasteiger partial charge in [0.1, 0.15) is 6.04 Å². The van der Waals surface area contributed by atoms with Crippen LogP contribution in [0.2, 0.25) is 0 Å². The Morgan fingerprint density at radius 2 is 1.46 bits per heavy atom. The lowest BCUT2D eigenvalue weighted by atomic mass is 10.0. The van der Waals surface area contributed by atoms with Crippen molar-refractivity contribution < 1.29 is 27.6 Å². The van der Waals surface area contributed by atoms with Crippen molar-refractivity contribution in [1.82, 2.24) is 9.37 Å². The summed E-state index contributed by atoms with van der Waals surface area (Å²) in [5.41, 5.74) is 1.58. The SMILES string of the molecule is CON(C)S(=O)(=O)c1ccc(NC(=O)C(Cc2ccccc2)N2C(=O)c3ccccc3C2=O)cc1. The van der Waals surface area contributed by atoms with Gasteiger partial charge >= 0.3 is 0 Å². The topological polar surface area (TPSA) is 113 Å². The fourth-order valence-corrected chi connectivity index (χ4v) is 4.79. The van der Waals surface area contributed by atoms with E-state index in [1.54, 1.807) is 24.3 Å². The molecule has 1 unspecified atom stereocenters. The second-order valence-corrected chi connectivity index (χ2v) is 9.78. The van der Waals surface area contributed by atoms with E-state index in [1.807, 2.05) is 30.3 Å². The Hall–Kier alpha value is -3.86. The zero-order valence-corrected chi connectivity index (χ0v) is 19.9. The Labute approximate surface area is 202 Å². The molecule has 0 fully saturated rings. The van der Waals surface area contributed by atoms with Crippen LogP contribution in [0.5, 0.6) is 0 Å². The minimum Gasteiger partial charge on any atom is -0.324 e. The van der Waals surface area contributed by atoms with Gasteiger partial charge in [0.15, 0.2) is 0 Å². The van der Waals surface area contributed by atoms with Crippen LogP contribution in [0.4, 0.5) is 5.69 Å². The van der Waals surface area contributed by atoms with Gasteiger partial charge in [-0.25, -0.2) is 8.42 Å². The van der Waals surface area contributed by atoms with Crippen LogP contribution in [-0.2, 0) is 26.1 Å². The van der Waals surface area contributed by atoms with Crippen molar-refractivity contribution in [3.8, 4) is 0 Å². The van der Waals surface area contributed by atoms with Crippen molar-refractivity contribution in [2.75, 3.05) is 19.5 Å². The predicted octanol–water partition coefficient (Wildman–Crippen LogP) is 2.71. The van der Waals surface area contributed by atoms with Crippen molar-refractivity contribution >= 4 is 33.4 Å². The average Bonchev–Trinajstić information content (AvgIpc) is 3.12. The Bertz CT molecular complexity index is 1340. The summed E-state index contributed by atoms with van der Waals surface area (Å²) in [5, 5.41) is 2.70. The molecular formula is C25H23N3O6S. The van der Waals surface area contributed by atoms with E-state index in [0.29, 0.717) is 5.69 Å². The summed E-state index contributed by atoms with van der Waals surface area (Å²) < 4.78 is 25.5. The van der Waals surface area contributed by atoms with Crippen LogP contribution < -0.4 is 5.32 Å². The van der Waals surface area contributed by atoms with Crippen LogP contribution >= 0.6 is 0 Å². The van der Waals surface area contributed by atoms with Gasteiger partial charge in [-0.2, -0.15) is 0 Å². The van der Waals surface area contributed by atoms with E-state index in [-0.39, 0.29) is 22.4 Å². The number of imide groups is 1. The van der Waals surface area contributed by atoms with Gasteiger partial charge in [-0.15, -0.1) is 0 Å². The molecule has 3 aromatic carbocycles. The number of benzene rings is 3. The smallest absolute Gasteiger partial charge is 0.264 e. The Balaban J connectivity index is 1.62. The first-order valence-electron chi connectivity index (χ1n) is 10.7. The van der Waals surface area contributed by atoms with Gasteiger partial charge in [-0.1, -0.05) is 46.9 Å². The molecule has 9 nitrogen and oxygen atoms in total. The minimum absolute atomic E-state index is 0.0268. The first-order valence-corrected chi connectivity index (χ1v) is 12.1. The average molecular weight is 494 g/mol. The molecule has 4 rings (SSSR count). The first-order chi connectivity index (χ1) is 16.7. The number of sulfonamides is 1. The first kappa shape index (κ1) is 24.3. The molecule has 0 radical (unpaired) electrons. The standard InChI is InChI=1S/C25H23N3O6S/c1-27(34-2)35(32,33)19-14-12-18(13-15-19)26-23(29)22(16-17-8-4-3-5-9-17)28-24(30)20-10-6-7-11-21(20)25(28)31/h3-15,22H,16H2,1-2H3,(H,26,29). The fraction of sp³-hybridized carbons (Fsp3) is 0.160. The van der Waals surface area contributed by atoms with Crippen LogP contribution in [0, 0.1) is 0 Å². The van der Waals surface area contributed by atoms with Crippen molar-refractivity contribution in [2.24, 2.45) is 0 Å². The maximum Gasteiger partial charge on any atom is 0.264 e. The molecule has 0 saturated heterocycles. The van der Waals surface area contributed by atoms with Gasteiger partial charge in [0, 0.05) is 19.2 Å². The number of nitrogens with one attached hydrogen (secondary N) is 1. The number of hydrogen-bond acceptors (Lipinski definition) is 6. The third-order valence-electron chi connectivity index (χ3n) is 5.73. The molecule has 1 heterocycles. The van der Waals surface area contributed by atoms with Crippen LogP contribution in [-0.4, -0.2) is 55.7 Å². The quantitative estimate of drug-likeness (QED) is 0.381. The van der Waals surface area contributed by atoms with E-state index in [1.165, 1.54) is 38.4 Å². The summed E-state index contributed by atoms with van der Waals surface area (Å²) in [7, 11) is -1.35. The van der Waals surface area contributed by atoms with Crippen LogP contribution in [0.15, 0.2) is 83.8 Å². The predicted molar refractivity (Wildman–Crippen MR) is 128 cm³/mol.